The van der Waals surface area contributed by atoms with Crippen LogP contribution < -0.4 is 27.4 Å². The Bertz CT molecular complexity index is 905. The van der Waals surface area contributed by atoms with Crippen LogP contribution in [-0.2, 0) is 4.79 Å². The van der Waals surface area contributed by atoms with E-state index in [4.69, 9.17) is 5.73 Å². The molecule has 0 aromatic carbocycles. The van der Waals surface area contributed by atoms with Gasteiger partial charge in [0.15, 0.2) is 0 Å². The molecule has 0 saturated heterocycles. The molecule has 0 saturated carbocycles. The summed E-state index contributed by atoms with van der Waals surface area (Å²) in [5, 5.41) is 21.9. The van der Waals surface area contributed by atoms with Crippen molar-refractivity contribution in [3.63, 3.8) is 0 Å². The molecule has 0 atom stereocenters. The van der Waals surface area contributed by atoms with Crippen LogP contribution in [0.5, 0.6) is 0 Å². The summed E-state index contributed by atoms with van der Waals surface area (Å²) in [5.41, 5.74) is 17.0. The fourth-order valence-electron chi connectivity index (χ4n) is 2.03. The first-order chi connectivity index (χ1) is 13.3. The molecule has 2 rings (SSSR count). The number of hydrogen-bond acceptors (Lipinski definition) is 8. The quantitative estimate of drug-likeness (QED) is 0.347. The van der Waals surface area contributed by atoms with Crippen molar-refractivity contribution in [2.45, 2.75) is 13.8 Å². The van der Waals surface area contributed by atoms with Crippen molar-refractivity contribution in [1.82, 2.24) is 21.3 Å². The molecule has 6 N–H and O–H groups in total. The smallest absolute Gasteiger partial charge is 0.330 e. The fraction of sp³-hybridized carbons (Fsp3) is 0.125. The van der Waals surface area contributed by atoms with Gasteiger partial charge < -0.3 is 16.1 Å². The van der Waals surface area contributed by atoms with E-state index in [0.717, 1.165) is 0 Å². The van der Waals surface area contributed by atoms with Gasteiger partial charge in [-0.05, 0) is 30.7 Å². The molecule has 3 amide bonds. The molecule has 1 aromatic heterocycles. The third-order valence-corrected chi connectivity index (χ3v) is 4.36. The van der Waals surface area contributed by atoms with Gasteiger partial charge in [-0.25, -0.2) is 9.78 Å². The number of anilines is 1. The van der Waals surface area contributed by atoms with Gasteiger partial charge in [0.05, 0.1) is 16.3 Å². The van der Waals surface area contributed by atoms with Gasteiger partial charge in [-0.1, -0.05) is 17.4 Å². The van der Waals surface area contributed by atoms with Crippen LogP contribution in [0.25, 0.3) is 5.70 Å². The third-order valence-electron chi connectivity index (χ3n) is 3.25. The van der Waals surface area contributed by atoms with E-state index in [9.17, 15) is 20.0 Å². The third kappa shape index (κ3) is 5.88. The minimum absolute atomic E-state index is 0.0122. The van der Waals surface area contributed by atoms with Gasteiger partial charge >= 0.3 is 6.03 Å². The molecule has 0 bridgehead atoms. The maximum absolute atomic E-state index is 11.1. The number of nitrogens with two attached hydrogens (primary N) is 1. The van der Waals surface area contributed by atoms with Gasteiger partial charge in [0, 0.05) is 19.1 Å². The summed E-state index contributed by atoms with van der Waals surface area (Å²) < 4.78 is 0. The number of allylic oxidation sites excluding steroid dienone is 7. The second kappa shape index (κ2) is 9.23. The van der Waals surface area contributed by atoms with E-state index in [1.54, 1.807) is 31.2 Å². The highest BCUT2D eigenvalue weighted by atomic mass is 32.1. The van der Waals surface area contributed by atoms with Crippen LogP contribution in [0.4, 0.5) is 9.93 Å². The molecule has 1 heterocycles. The number of thiazole rings is 1. The summed E-state index contributed by atoms with van der Waals surface area (Å²) in [5.74, 6) is -0.273. The highest BCUT2D eigenvalue weighted by molar-refractivity contribution is 7.16. The van der Waals surface area contributed by atoms with Gasteiger partial charge in [-0.3, -0.25) is 26.5 Å². The van der Waals surface area contributed by atoms with E-state index in [0.29, 0.717) is 27.0 Å². The summed E-state index contributed by atoms with van der Waals surface area (Å²) in [6.07, 6.45) is 9.34. The number of carbonyl (C=O) groups is 2. The summed E-state index contributed by atoms with van der Waals surface area (Å²) >= 11 is 1.23. The van der Waals surface area contributed by atoms with Crippen LogP contribution in [-0.4, -0.2) is 27.5 Å². The lowest BCUT2D eigenvalue weighted by Gasteiger charge is -2.10. The minimum atomic E-state index is -0.778. The summed E-state index contributed by atoms with van der Waals surface area (Å²) in [6.45, 7) is 3.12. The lowest BCUT2D eigenvalue weighted by atomic mass is 10.1. The van der Waals surface area contributed by atoms with Crippen molar-refractivity contribution in [2.75, 3.05) is 5.43 Å². The number of hydrogen-bond donors (Lipinski definition) is 5. The number of aromatic nitrogens is 1. The Balaban J connectivity index is 2.29. The molecule has 0 fully saturated rings. The van der Waals surface area contributed by atoms with Crippen LogP contribution in [0.1, 0.15) is 17.5 Å². The van der Waals surface area contributed by atoms with Crippen molar-refractivity contribution in [1.29, 1.82) is 0 Å². The van der Waals surface area contributed by atoms with Crippen LogP contribution in [0.2, 0.25) is 0 Å². The van der Waals surface area contributed by atoms with E-state index in [-0.39, 0.29) is 11.6 Å². The van der Waals surface area contributed by atoms with Crippen molar-refractivity contribution >= 4 is 39.8 Å². The number of hydrazine groups is 2. The number of urea groups is 1. The molecule has 0 aliphatic heterocycles. The Kier molecular flexibility index (Phi) is 6.76. The summed E-state index contributed by atoms with van der Waals surface area (Å²) in [7, 11) is 0. The Morgan fingerprint density at radius 2 is 1.86 bits per heavy atom. The molecule has 0 spiro atoms. The molecular formula is C16H18N7O4S-. The number of nitrogens with one attached hydrogen (secondary N) is 4. The normalized spacial score (nSPS) is 13.1. The molecule has 12 heteroatoms. The molecule has 1 aromatic rings. The molecular weight excluding hydrogens is 386 g/mol. The van der Waals surface area contributed by atoms with E-state index >= 15 is 0 Å². The van der Waals surface area contributed by atoms with E-state index < -0.39 is 10.9 Å². The predicted molar refractivity (Wildman–Crippen MR) is 106 cm³/mol. The number of carbonyl (C=O) groups excluding carboxylic acids is 2. The van der Waals surface area contributed by atoms with E-state index in [1.807, 2.05) is 0 Å². The predicted octanol–water partition coefficient (Wildman–Crippen LogP) is 0.930. The first kappa shape index (κ1) is 20.5. The standard InChI is InChI=1S/C16H18N7O4S/c1-9-14(28-16(18-9)22-19-10(2)24)13(20-21-15(17)25)8-5-11-3-6-12(7-4-11)23(26)27/h3-8,20H,1-2H3,(H5-,17,18,19,21,22,24,25,26,27)/q-1. The Morgan fingerprint density at radius 1 is 1.18 bits per heavy atom. The lowest BCUT2D eigenvalue weighted by Crippen LogP contribution is -2.39. The largest absolute Gasteiger partial charge is 0.612 e. The van der Waals surface area contributed by atoms with Gasteiger partial charge in [-0.2, -0.15) is 4.90 Å². The van der Waals surface area contributed by atoms with Crippen LogP contribution >= 0.6 is 11.3 Å². The number of amides is 3. The maximum Gasteiger partial charge on any atom is 0.330 e. The summed E-state index contributed by atoms with van der Waals surface area (Å²) in [6, 6.07) is -0.778. The van der Waals surface area contributed by atoms with E-state index in [2.05, 4.69) is 26.7 Å². The zero-order valence-corrected chi connectivity index (χ0v) is 15.8. The second-order valence-corrected chi connectivity index (χ2v) is 6.45. The van der Waals surface area contributed by atoms with Crippen molar-refractivity contribution in [3.05, 3.63) is 63.0 Å². The average Bonchev–Trinajstić information content (AvgIpc) is 3.01. The first-order valence-electron chi connectivity index (χ1n) is 7.87. The Hall–Kier alpha value is -3.80. The van der Waals surface area contributed by atoms with Crippen LogP contribution in [0.15, 0.2) is 42.0 Å². The van der Waals surface area contributed by atoms with Crippen LogP contribution in [0, 0.1) is 17.3 Å². The second-order valence-electron chi connectivity index (χ2n) is 5.45. The van der Waals surface area contributed by atoms with Gasteiger partial charge in [0.2, 0.25) is 16.8 Å². The topological polar surface area (TPSA) is 170 Å². The lowest BCUT2D eigenvalue weighted by molar-refractivity contribution is -0.377. The number of rotatable bonds is 6. The maximum atomic E-state index is 11.1. The molecule has 0 radical (unpaired) electrons. The molecule has 28 heavy (non-hydrogen) atoms. The molecule has 1 aliphatic carbocycles. The molecule has 11 nitrogen and oxygen atoms in total. The van der Waals surface area contributed by atoms with Crippen molar-refractivity contribution < 1.29 is 14.5 Å². The van der Waals surface area contributed by atoms with Crippen LogP contribution in [0.3, 0.4) is 0 Å². The molecule has 148 valence electrons. The SMILES string of the molecule is CC(=O)NNc1nc(C)c(C(=CC=C2C=CC(=[N+]([O-])[O-])C=C2)NNC(N)=O)s1. The van der Waals surface area contributed by atoms with Gasteiger partial charge in [0.1, 0.15) is 0 Å². The van der Waals surface area contributed by atoms with Crippen molar-refractivity contribution in [2.24, 2.45) is 5.73 Å². The number of primary amides is 1. The molecule has 1 aliphatic rings. The fourth-order valence-corrected chi connectivity index (χ4v) is 2.93. The monoisotopic (exact) mass is 404 g/mol. The van der Waals surface area contributed by atoms with Gasteiger partial charge in [0.25, 0.3) is 0 Å². The highest BCUT2D eigenvalue weighted by Crippen LogP contribution is 2.27. The van der Waals surface area contributed by atoms with E-state index in [1.165, 1.54) is 30.4 Å². The molecule has 0 unspecified atom stereocenters. The van der Waals surface area contributed by atoms with Crippen molar-refractivity contribution in [3.8, 4) is 0 Å². The number of nitrogens with zero attached hydrogens (tertiary/aromatic N) is 2. The zero-order chi connectivity index (χ0) is 20.7. The Labute approximate surface area is 164 Å². The minimum Gasteiger partial charge on any atom is -0.612 e. The number of aryl methyl sites for hydroxylation is 1. The van der Waals surface area contributed by atoms with Gasteiger partial charge in [-0.15, -0.1) is 0 Å². The summed E-state index contributed by atoms with van der Waals surface area (Å²) in [4.78, 5) is 26.6. The average molecular weight is 404 g/mol. The first-order valence-corrected chi connectivity index (χ1v) is 8.69. The Morgan fingerprint density at radius 3 is 2.43 bits per heavy atom. The highest BCUT2D eigenvalue weighted by Gasteiger charge is 2.13. The zero-order valence-electron chi connectivity index (χ0n) is 15.0.